The van der Waals surface area contributed by atoms with Crippen molar-refractivity contribution < 1.29 is 0 Å². The molecular formula is C13H9BrCl2S. The minimum Gasteiger partial charge on any atom is -0.120 e. The van der Waals surface area contributed by atoms with Crippen LogP contribution in [0.3, 0.4) is 0 Å². The van der Waals surface area contributed by atoms with Crippen molar-refractivity contribution in [1.29, 1.82) is 0 Å². The molecule has 0 aliphatic carbocycles. The highest BCUT2D eigenvalue weighted by Crippen LogP contribution is 2.32. The van der Waals surface area contributed by atoms with Crippen LogP contribution in [0.15, 0.2) is 51.8 Å². The molecule has 4 heteroatoms. The molecule has 0 amide bonds. The standard InChI is InChI=1S/C13H9BrCl2S/c14-10-3-1-2-9(6-10)8-17-13-7-11(15)4-5-12(13)16/h1-7H,8H2. The fourth-order valence-corrected chi connectivity index (χ4v) is 3.26. The van der Waals surface area contributed by atoms with E-state index in [0.717, 1.165) is 20.1 Å². The van der Waals surface area contributed by atoms with Crippen LogP contribution < -0.4 is 0 Å². The molecule has 0 radical (unpaired) electrons. The molecule has 2 rings (SSSR count). The summed E-state index contributed by atoms with van der Waals surface area (Å²) >= 11 is 17.2. The lowest BCUT2D eigenvalue weighted by molar-refractivity contribution is 1.37. The largest absolute Gasteiger partial charge is 0.120 e. The molecule has 0 saturated carbocycles. The lowest BCUT2D eigenvalue weighted by atomic mass is 10.2. The summed E-state index contributed by atoms with van der Waals surface area (Å²) in [6, 6.07) is 13.8. The van der Waals surface area contributed by atoms with Crippen molar-refractivity contribution in [2.24, 2.45) is 0 Å². The van der Waals surface area contributed by atoms with E-state index in [1.54, 1.807) is 17.8 Å². The van der Waals surface area contributed by atoms with Crippen LogP contribution in [0.4, 0.5) is 0 Å². The highest BCUT2D eigenvalue weighted by Gasteiger charge is 2.03. The first-order valence-corrected chi connectivity index (χ1v) is 7.51. The summed E-state index contributed by atoms with van der Waals surface area (Å²) in [5.41, 5.74) is 1.25. The van der Waals surface area contributed by atoms with Gasteiger partial charge >= 0.3 is 0 Å². The third-order valence-corrected chi connectivity index (χ3v) is 4.47. The number of rotatable bonds is 3. The van der Waals surface area contributed by atoms with Gasteiger partial charge in [-0.1, -0.05) is 51.3 Å². The lowest BCUT2D eigenvalue weighted by Gasteiger charge is -2.05. The predicted octanol–water partition coefficient (Wildman–Crippen LogP) is 6.05. The Labute approximate surface area is 123 Å². The van der Waals surface area contributed by atoms with Crippen molar-refractivity contribution in [3.63, 3.8) is 0 Å². The van der Waals surface area contributed by atoms with Crippen molar-refractivity contribution in [2.45, 2.75) is 10.6 Å². The van der Waals surface area contributed by atoms with Gasteiger partial charge in [-0.25, -0.2) is 0 Å². The minimum absolute atomic E-state index is 0.714. The normalized spacial score (nSPS) is 10.5. The highest BCUT2D eigenvalue weighted by molar-refractivity contribution is 9.10. The van der Waals surface area contributed by atoms with Crippen LogP contribution in [-0.2, 0) is 5.75 Å². The maximum Gasteiger partial charge on any atom is 0.0543 e. The van der Waals surface area contributed by atoms with Crippen LogP contribution >= 0.6 is 50.9 Å². The van der Waals surface area contributed by atoms with Crippen LogP contribution in [0.1, 0.15) is 5.56 Å². The summed E-state index contributed by atoms with van der Waals surface area (Å²) in [5.74, 6) is 0.875. The summed E-state index contributed by atoms with van der Waals surface area (Å²) in [5, 5.41) is 1.46. The van der Waals surface area contributed by atoms with Gasteiger partial charge in [-0.2, -0.15) is 0 Å². The maximum absolute atomic E-state index is 6.10. The predicted molar refractivity (Wildman–Crippen MR) is 80.2 cm³/mol. The van der Waals surface area contributed by atoms with E-state index in [9.17, 15) is 0 Å². The van der Waals surface area contributed by atoms with E-state index in [-0.39, 0.29) is 0 Å². The number of thioether (sulfide) groups is 1. The van der Waals surface area contributed by atoms with Gasteiger partial charge in [0.15, 0.2) is 0 Å². The Morgan fingerprint density at radius 1 is 1.06 bits per heavy atom. The van der Waals surface area contributed by atoms with Crippen LogP contribution in [0.25, 0.3) is 0 Å². The zero-order chi connectivity index (χ0) is 12.3. The van der Waals surface area contributed by atoms with Gasteiger partial charge in [-0.3, -0.25) is 0 Å². The van der Waals surface area contributed by atoms with Gasteiger partial charge < -0.3 is 0 Å². The molecule has 0 nitrogen and oxygen atoms in total. The van der Waals surface area contributed by atoms with Crippen molar-refractivity contribution in [1.82, 2.24) is 0 Å². The average molecular weight is 348 g/mol. The van der Waals surface area contributed by atoms with E-state index in [1.807, 2.05) is 24.3 Å². The molecule has 0 spiro atoms. The highest BCUT2D eigenvalue weighted by atomic mass is 79.9. The van der Waals surface area contributed by atoms with Crippen molar-refractivity contribution in [2.75, 3.05) is 0 Å². The molecule has 0 aliphatic rings. The van der Waals surface area contributed by atoms with E-state index in [2.05, 4.69) is 28.1 Å². The third-order valence-electron chi connectivity index (χ3n) is 2.18. The first kappa shape index (κ1) is 13.3. The third kappa shape index (κ3) is 3.92. The van der Waals surface area contributed by atoms with E-state index >= 15 is 0 Å². The fourth-order valence-electron chi connectivity index (χ4n) is 1.38. The zero-order valence-corrected chi connectivity index (χ0v) is 12.7. The Kier molecular flexibility index (Phi) is 4.80. The van der Waals surface area contributed by atoms with Crippen LogP contribution in [0.2, 0.25) is 10.0 Å². The fraction of sp³-hybridized carbons (Fsp3) is 0.0769. The molecule has 0 fully saturated rings. The summed E-state index contributed by atoms with van der Waals surface area (Å²) in [6.07, 6.45) is 0. The van der Waals surface area contributed by atoms with Gasteiger partial charge in [0.25, 0.3) is 0 Å². The van der Waals surface area contributed by atoms with Gasteiger partial charge in [0.1, 0.15) is 0 Å². The van der Waals surface area contributed by atoms with E-state index < -0.39 is 0 Å². The molecule has 88 valence electrons. The molecular weight excluding hydrogens is 339 g/mol. The smallest absolute Gasteiger partial charge is 0.0543 e. The van der Waals surface area contributed by atoms with Gasteiger partial charge in [0, 0.05) is 20.1 Å². The van der Waals surface area contributed by atoms with Gasteiger partial charge in [-0.15, -0.1) is 11.8 Å². The van der Waals surface area contributed by atoms with E-state index in [0.29, 0.717) is 5.02 Å². The van der Waals surface area contributed by atoms with Crippen LogP contribution in [0.5, 0.6) is 0 Å². The molecule has 17 heavy (non-hydrogen) atoms. The second-order valence-corrected chi connectivity index (χ2v) is 6.27. The molecule has 0 saturated heterocycles. The molecule has 2 aromatic rings. The average Bonchev–Trinajstić information content (AvgIpc) is 2.30. The Morgan fingerprint density at radius 3 is 2.65 bits per heavy atom. The summed E-state index contributed by atoms with van der Waals surface area (Å²) in [6.45, 7) is 0. The molecule has 2 aromatic carbocycles. The molecule has 0 aromatic heterocycles. The monoisotopic (exact) mass is 346 g/mol. The Morgan fingerprint density at radius 2 is 1.88 bits per heavy atom. The minimum atomic E-state index is 0.714. The van der Waals surface area contributed by atoms with Crippen LogP contribution in [-0.4, -0.2) is 0 Å². The van der Waals surface area contributed by atoms with Gasteiger partial charge in [0.05, 0.1) is 5.02 Å². The van der Waals surface area contributed by atoms with Crippen molar-refractivity contribution in [3.05, 3.63) is 62.5 Å². The van der Waals surface area contributed by atoms with Gasteiger partial charge in [0.2, 0.25) is 0 Å². The molecule has 0 atom stereocenters. The summed E-state index contributed by atoms with van der Waals surface area (Å²) in [7, 11) is 0. The van der Waals surface area contributed by atoms with Gasteiger partial charge in [-0.05, 0) is 35.9 Å². The van der Waals surface area contributed by atoms with Crippen molar-refractivity contribution >= 4 is 50.9 Å². The molecule has 0 unspecified atom stereocenters. The van der Waals surface area contributed by atoms with Crippen LogP contribution in [0, 0.1) is 0 Å². The first-order chi connectivity index (χ1) is 8.15. The second-order valence-electron chi connectivity index (χ2n) is 3.49. The molecule has 0 bridgehead atoms. The SMILES string of the molecule is Clc1ccc(Cl)c(SCc2cccc(Br)c2)c1. The first-order valence-electron chi connectivity index (χ1n) is 4.97. The number of halogens is 3. The Hall–Kier alpha value is -0.150. The molecule has 0 aliphatic heterocycles. The van der Waals surface area contributed by atoms with E-state index in [1.165, 1.54) is 5.56 Å². The Balaban J connectivity index is 2.09. The zero-order valence-electron chi connectivity index (χ0n) is 8.79. The molecule has 0 heterocycles. The number of hydrogen-bond acceptors (Lipinski definition) is 1. The molecule has 0 N–H and O–H groups in total. The lowest BCUT2D eigenvalue weighted by Crippen LogP contribution is -1.81. The Bertz CT molecular complexity index is 529. The quantitative estimate of drug-likeness (QED) is 0.609. The van der Waals surface area contributed by atoms with Crippen molar-refractivity contribution in [3.8, 4) is 0 Å². The number of hydrogen-bond donors (Lipinski definition) is 0. The summed E-state index contributed by atoms with van der Waals surface area (Å²) in [4.78, 5) is 1.01. The topological polar surface area (TPSA) is 0 Å². The number of benzene rings is 2. The second kappa shape index (κ2) is 6.14. The summed E-state index contributed by atoms with van der Waals surface area (Å²) < 4.78 is 1.09. The maximum atomic E-state index is 6.10. The van der Waals surface area contributed by atoms with E-state index in [4.69, 9.17) is 23.2 Å².